The number of benzene rings is 3. The van der Waals surface area contributed by atoms with E-state index < -0.39 is 0 Å². The van der Waals surface area contributed by atoms with Crippen LogP contribution in [0, 0.1) is 6.92 Å². The number of halogens is 1. The topological polar surface area (TPSA) is 50.7 Å². The lowest BCUT2D eigenvalue weighted by Gasteiger charge is -2.08. The van der Waals surface area contributed by atoms with Crippen molar-refractivity contribution in [1.82, 2.24) is 5.43 Å². The van der Waals surface area contributed by atoms with Gasteiger partial charge in [-0.25, -0.2) is 5.43 Å². The maximum absolute atomic E-state index is 12.2. The van der Waals surface area contributed by atoms with Gasteiger partial charge in [-0.2, -0.15) is 5.10 Å². The summed E-state index contributed by atoms with van der Waals surface area (Å²) in [6.45, 7) is 1.88. The molecule has 0 heterocycles. The largest absolute Gasteiger partial charge is 0.496 e. The van der Waals surface area contributed by atoms with Gasteiger partial charge >= 0.3 is 0 Å². The van der Waals surface area contributed by atoms with E-state index in [1.54, 1.807) is 31.5 Å². The van der Waals surface area contributed by atoms with Gasteiger partial charge in [0.15, 0.2) is 0 Å². The minimum atomic E-state index is -0.322. The Morgan fingerprint density at radius 2 is 1.96 bits per heavy atom. The van der Waals surface area contributed by atoms with E-state index in [1.807, 2.05) is 43.3 Å². The lowest BCUT2D eigenvalue weighted by Crippen LogP contribution is -2.17. The van der Waals surface area contributed by atoms with E-state index in [9.17, 15) is 4.79 Å². The fourth-order valence-electron chi connectivity index (χ4n) is 2.54. The lowest BCUT2D eigenvalue weighted by molar-refractivity contribution is 0.0955. The van der Waals surface area contributed by atoms with Crippen LogP contribution in [0.15, 0.2) is 59.7 Å². The molecule has 0 aromatic heterocycles. The molecule has 4 nitrogen and oxygen atoms in total. The van der Waals surface area contributed by atoms with E-state index in [-0.39, 0.29) is 5.91 Å². The van der Waals surface area contributed by atoms with Crippen molar-refractivity contribution in [3.05, 3.63) is 76.3 Å². The first-order chi connectivity index (χ1) is 12.1. The Labute approximate surface area is 151 Å². The first-order valence-electron chi connectivity index (χ1n) is 7.75. The average molecular weight is 353 g/mol. The highest BCUT2D eigenvalue weighted by Crippen LogP contribution is 2.26. The molecule has 0 spiro atoms. The number of carbonyl (C=O) groups is 1. The molecule has 0 radical (unpaired) electrons. The molecule has 0 saturated heterocycles. The molecule has 25 heavy (non-hydrogen) atoms. The number of carbonyl (C=O) groups excluding carboxylic acids is 1. The second kappa shape index (κ2) is 7.36. The normalized spacial score (nSPS) is 11.0. The molecule has 0 saturated carbocycles. The van der Waals surface area contributed by atoms with Crippen molar-refractivity contribution in [1.29, 1.82) is 0 Å². The summed E-state index contributed by atoms with van der Waals surface area (Å²) < 4.78 is 5.40. The number of rotatable bonds is 4. The van der Waals surface area contributed by atoms with Crippen LogP contribution in [0.2, 0.25) is 5.02 Å². The first-order valence-corrected chi connectivity index (χ1v) is 8.13. The summed E-state index contributed by atoms with van der Waals surface area (Å²) in [5.74, 6) is 0.368. The van der Waals surface area contributed by atoms with E-state index in [1.165, 1.54) is 0 Å². The zero-order valence-corrected chi connectivity index (χ0v) is 14.7. The minimum Gasteiger partial charge on any atom is -0.496 e. The quantitative estimate of drug-likeness (QED) is 0.552. The van der Waals surface area contributed by atoms with Gasteiger partial charge in [0.2, 0.25) is 0 Å². The van der Waals surface area contributed by atoms with Crippen LogP contribution >= 0.6 is 11.6 Å². The Balaban J connectivity index is 1.85. The maximum Gasteiger partial charge on any atom is 0.271 e. The Morgan fingerprint density at radius 1 is 1.16 bits per heavy atom. The molecule has 1 N–H and O–H groups in total. The van der Waals surface area contributed by atoms with Crippen molar-refractivity contribution in [2.24, 2.45) is 5.10 Å². The SMILES string of the molecule is COc1ccc2ccccc2c1/C=N/NC(=O)c1ccc(C)c(Cl)c1. The van der Waals surface area contributed by atoms with E-state index in [0.717, 1.165) is 21.9 Å². The Kier molecular flexibility index (Phi) is 5.00. The van der Waals surface area contributed by atoms with Gasteiger partial charge in [0, 0.05) is 16.1 Å². The molecule has 126 valence electrons. The summed E-state index contributed by atoms with van der Waals surface area (Å²) in [7, 11) is 1.61. The van der Waals surface area contributed by atoms with Crippen LogP contribution in [0.3, 0.4) is 0 Å². The van der Waals surface area contributed by atoms with Gasteiger partial charge in [0.1, 0.15) is 5.75 Å². The summed E-state index contributed by atoms with van der Waals surface area (Å²) in [4.78, 5) is 12.2. The number of fused-ring (bicyclic) bond motifs is 1. The summed E-state index contributed by atoms with van der Waals surface area (Å²) in [5, 5.41) is 6.70. The number of methoxy groups -OCH3 is 1. The molecule has 0 fully saturated rings. The molecule has 5 heteroatoms. The highest BCUT2D eigenvalue weighted by atomic mass is 35.5. The second-order valence-electron chi connectivity index (χ2n) is 5.57. The first kappa shape index (κ1) is 17.0. The summed E-state index contributed by atoms with van der Waals surface area (Å²) in [5.41, 5.74) is 4.71. The monoisotopic (exact) mass is 352 g/mol. The molecular weight excluding hydrogens is 336 g/mol. The number of hydrogen-bond donors (Lipinski definition) is 1. The lowest BCUT2D eigenvalue weighted by atomic mass is 10.0. The van der Waals surface area contributed by atoms with Gasteiger partial charge < -0.3 is 4.74 Å². The Bertz CT molecular complexity index is 967. The van der Waals surface area contributed by atoms with Crippen molar-refractivity contribution in [2.75, 3.05) is 7.11 Å². The van der Waals surface area contributed by atoms with E-state index >= 15 is 0 Å². The van der Waals surface area contributed by atoms with E-state index in [2.05, 4.69) is 10.5 Å². The summed E-state index contributed by atoms with van der Waals surface area (Å²) in [6.07, 6.45) is 1.59. The van der Waals surface area contributed by atoms with Gasteiger partial charge in [-0.15, -0.1) is 0 Å². The highest BCUT2D eigenvalue weighted by Gasteiger charge is 2.08. The number of nitrogens with zero attached hydrogens (tertiary/aromatic N) is 1. The predicted octanol–water partition coefficient (Wildman–Crippen LogP) is 4.57. The maximum atomic E-state index is 12.2. The van der Waals surface area contributed by atoms with Crippen molar-refractivity contribution >= 4 is 34.5 Å². The minimum absolute atomic E-state index is 0.322. The van der Waals surface area contributed by atoms with Gasteiger partial charge in [-0.3, -0.25) is 4.79 Å². The highest BCUT2D eigenvalue weighted by molar-refractivity contribution is 6.31. The fraction of sp³-hybridized carbons (Fsp3) is 0.100. The van der Waals surface area contributed by atoms with Crippen LogP contribution in [0.25, 0.3) is 10.8 Å². The van der Waals surface area contributed by atoms with E-state index in [0.29, 0.717) is 16.3 Å². The van der Waals surface area contributed by atoms with Gasteiger partial charge in [-0.05, 0) is 41.5 Å². The molecule has 0 aliphatic rings. The fourth-order valence-corrected chi connectivity index (χ4v) is 2.72. The van der Waals surface area contributed by atoms with Crippen LogP contribution < -0.4 is 10.2 Å². The third-order valence-electron chi connectivity index (χ3n) is 3.94. The molecule has 0 aliphatic heterocycles. The molecule has 0 unspecified atom stereocenters. The van der Waals surface area contributed by atoms with Crippen LogP contribution in [-0.2, 0) is 0 Å². The van der Waals surface area contributed by atoms with E-state index in [4.69, 9.17) is 16.3 Å². The van der Waals surface area contributed by atoms with Crippen LogP contribution in [0.4, 0.5) is 0 Å². The van der Waals surface area contributed by atoms with Crippen LogP contribution in [-0.4, -0.2) is 19.2 Å². The number of aryl methyl sites for hydroxylation is 1. The van der Waals surface area contributed by atoms with Crippen molar-refractivity contribution in [3.8, 4) is 5.75 Å². The molecule has 1 amide bonds. The number of hydrogen-bond acceptors (Lipinski definition) is 3. The van der Waals surface area contributed by atoms with Crippen molar-refractivity contribution in [3.63, 3.8) is 0 Å². The average Bonchev–Trinajstić information content (AvgIpc) is 2.63. The second-order valence-corrected chi connectivity index (χ2v) is 5.97. The molecule has 3 aromatic rings. The standard InChI is InChI=1S/C20H17ClN2O2/c1-13-7-8-15(11-18(13)21)20(24)23-22-12-17-16-6-4-3-5-14(16)9-10-19(17)25-2/h3-12H,1-2H3,(H,23,24)/b22-12+. The molecule has 3 rings (SSSR count). The third kappa shape index (κ3) is 3.64. The molecular formula is C20H17ClN2O2. The zero-order chi connectivity index (χ0) is 17.8. The number of ether oxygens (including phenoxy) is 1. The summed E-state index contributed by atoms with van der Waals surface area (Å²) >= 11 is 6.06. The molecule has 3 aromatic carbocycles. The van der Waals surface area contributed by atoms with Crippen molar-refractivity contribution < 1.29 is 9.53 Å². The number of amides is 1. The van der Waals surface area contributed by atoms with Gasteiger partial charge in [-0.1, -0.05) is 48.0 Å². The Hall–Kier alpha value is -2.85. The predicted molar refractivity (Wildman–Crippen MR) is 102 cm³/mol. The zero-order valence-electron chi connectivity index (χ0n) is 13.9. The van der Waals surface area contributed by atoms with Crippen LogP contribution in [0.1, 0.15) is 21.5 Å². The number of hydrazone groups is 1. The van der Waals surface area contributed by atoms with Gasteiger partial charge in [0.25, 0.3) is 5.91 Å². The molecule has 0 bridgehead atoms. The smallest absolute Gasteiger partial charge is 0.271 e. The van der Waals surface area contributed by atoms with Crippen LogP contribution in [0.5, 0.6) is 5.75 Å². The number of nitrogens with one attached hydrogen (secondary N) is 1. The summed E-state index contributed by atoms with van der Waals surface area (Å²) in [6, 6.07) is 16.9. The Morgan fingerprint density at radius 3 is 2.72 bits per heavy atom. The van der Waals surface area contributed by atoms with Gasteiger partial charge in [0.05, 0.1) is 13.3 Å². The third-order valence-corrected chi connectivity index (χ3v) is 4.35. The molecule has 0 aliphatic carbocycles. The van der Waals surface area contributed by atoms with Crippen molar-refractivity contribution in [2.45, 2.75) is 6.92 Å². The molecule has 0 atom stereocenters.